The molecule has 2 saturated carbocycles. The summed E-state index contributed by atoms with van der Waals surface area (Å²) in [6.07, 6.45) is 6.81. The summed E-state index contributed by atoms with van der Waals surface area (Å²) in [5.41, 5.74) is 3.16. The van der Waals surface area contributed by atoms with E-state index < -0.39 is 8.07 Å². The van der Waals surface area contributed by atoms with Crippen LogP contribution in [0.5, 0.6) is 5.75 Å². The molecule has 1 aromatic rings. The molecule has 0 aliphatic heterocycles. The van der Waals surface area contributed by atoms with Crippen LogP contribution in [0.15, 0.2) is 12.1 Å². The smallest absolute Gasteiger partial charge is 0.115 e. The molecule has 1 aromatic carbocycles. The normalized spacial score (nSPS) is 38.4. The summed E-state index contributed by atoms with van der Waals surface area (Å²) in [7, 11) is -1.50. The molecule has 2 nitrogen and oxygen atoms in total. The maximum Gasteiger partial charge on any atom is 0.115 e. The van der Waals surface area contributed by atoms with Gasteiger partial charge in [0.05, 0.1) is 14.2 Å². The Morgan fingerprint density at radius 1 is 1.08 bits per heavy atom. The average molecular weight is 345 g/mol. The Hall–Kier alpha value is -0.803. The standard InChI is InChI=1S/C21H32O2Si/c1-21-10-9-16-15(17(21)7-8-19(21)23)6-5-13-11-14(22)12-18(20(13)16)24(2,3)4/h11-12,15-17,19,22-23H,5-10H2,1-4H3/t15-,16+,17+,19-,21+/m1/s1. The van der Waals surface area contributed by atoms with Crippen LogP contribution in [0.3, 0.4) is 0 Å². The van der Waals surface area contributed by atoms with Crippen LogP contribution < -0.4 is 5.19 Å². The summed E-state index contributed by atoms with van der Waals surface area (Å²) in [6, 6.07) is 4.11. The third-order valence-corrected chi connectivity index (χ3v) is 9.59. The zero-order valence-electron chi connectivity index (χ0n) is 15.6. The van der Waals surface area contributed by atoms with Crippen molar-refractivity contribution < 1.29 is 10.2 Å². The SMILES string of the molecule is C[C@]12CC[C@@H]3c4c(cc(O)cc4[Si](C)(C)C)CC[C@H]3[C@@H]1CC[C@H]2O. The molecule has 132 valence electrons. The van der Waals surface area contributed by atoms with E-state index in [1.807, 2.05) is 6.07 Å². The summed E-state index contributed by atoms with van der Waals surface area (Å²) < 4.78 is 0. The van der Waals surface area contributed by atoms with Gasteiger partial charge in [0.1, 0.15) is 5.75 Å². The molecule has 0 radical (unpaired) electrons. The van der Waals surface area contributed by atoms with Crippen molar-refractivity contribution >= 4 is 13.3 Å². The predicted octanol–water partition coefficient (Wildman–Crippen LogP) is 4.15. The number of rotatable bonds is 1. The number of phenols is 1. The monoisotopic (exact) mass is 344 g/mol. The fourth-order valence-corrected chi connectivity index (χ4v) is 8.04. The molecule has 2 fully saturated rings. The van der Waals surface area contributed by atoms with E-state index in [-0.39, 0.29) is 11.5 Å². The molecule has 4 rings (SSSR count). The molecule has 0 saturated heterocycles. The Morgan fingerprint density at radius 2 is 1.83 bits per heavy atom. The second-order valence-corrected chi connectivity index (χ2v) is 14.9. The molecule has 0 spiro atoms. The number of fused-ring (bicyclic) bond motifs is 5. The minimum atomic E-state index is -1.50. The third-order valence-electron chi connectivity index (χ3n) is 7.56. The Bertz CT molecular complexity index is 663. The molecule has 24 heavy (non-hydrogen) atoms. The molecule has 3 aliphatic carbocycles. The highest BCUT2D eigenvalue weighted by molar-refractivity contribution is 6.89. The zero-order valence-corrected chi connectivity index (χ0v) is 16.6. The zero-order chi connectivity index (χ0) is 17.3. The van der Waals surface area contributed by atoms with Crippen molar-refractivity contribution in [2.75, 3.05) is 0 Å². The van der Waals surface area contributed by atoms with Gasteiger partial charge in [-0.2, -0.15) is 0 Å². The predicted molar refractivity (Wildman–Crippen MR) is 102 cm³/mol. The number of hydrogen-bond acceptors (Lipinski definition) is 2. The van der Waals surface area contributed by atoms with Crippen LogP contribution in [0.2, 0.25) is 19.6 Å². The van der Waals surface area contributed by atoms with Crippen molar-refractivity contribution in [2.45, 2.75) is 77.1 Å². The highest BCUT2D eigenvalue weighted by Gasteiger charge is 2.54. The van der Waals surface area contributed by atoms with Crippen molar-refractivity contribution in [3.05, 3.63) is 23.3 Å². The molecule has 0 bridgehead atoms. The van der Waals surface area contributed by atoms with Crippen molar-refractivity contribution in [1.29, 1.82) is 0 Å². The first-order chi connectivity index (χ1) is 11.2. The topological polar surface area (TPSA) is 40.5 Å². The van der Waals surface area contributed by atoms with Gasteiger partial charge >= 0.3 is 0 Å². The molecule has 5 atom stereocenters. The molecule has 0 amide bonds. The number of phenolic OH excluding ortho intramolecular Hbond substituents is 1. The number of aliphatic hydroxyl groups excluding tert-OH is 1. The third kappa shape index (κ3) is 2.31. The lowest BCUT2D eigenvalue weighted by Crippen LogP contribution is -2.48. The van der Waals surface area contributed by atoms with Crippen LogP contribution in [0, 0.1) is 17.3 Å². The van der Waals surface area contributed by atoms with Crippen molar-refractivity contribution in [2.24, 2.45) is 17.3 Å². The molecule has 3 heteroatoms. The van der Waals surface area contributed by atoms with E-state index in [1.165, 1.54) is 30.0 Å². The number of aromatic hydroxyl groups is 1. The van der Waals surface area contributed by atoms with Gasteiger partial charge in [0.15, 0.2) is 0 Å². The highest BCUT2D eigenvalue weighted by atomic mass is 28.3. The second-order valence-electron chi connectivity index (χ2n) is 9.87. The fraction of sp³-hybridized carbons (Fsp3) is 0.714. The van der Waals surface area contributed by atoms with Crippen LogP contribution in [0.4, 0.5) is 0 Å². The van der Waals surface area contributed by atoms with E-state index in [9.17, 15) is 10.2 Å². The van der Waals surface area contributed by atoms with Crippen molar-refractivity contribution in [1.82, 2.24) is 0 Å². The summed E-state index contributed by atoms with van der Waals surface area (Å²) in [6.45, 7) is 9.55. The van der Waals surface area contributed by atoms with Gasteiger partial charge in [0, 0.05) is 0 Å². The van der Waals surface area contributed by atoms with Gasteiger partial charge in [-0.3, -0.25) is 0 Å². The summed E-state index contributed by atoms with van der Waals surface area (Å²) >= 11 is 0. The quantitative estimate of drug-likeness (QED) is 0.751. The number of benzene rings is 1. The molecule has 0 unspecified atom stereocenters. The van der Waals surface area contributed by atoms with Gasteiger partial charge in [-0.05, 0) is 85.0 Å². The van der Waals surface area contributed by atoms with Crippen LogP contribution in [-0.2, 0) is 6.42 Å². The summed E-state index contributed by atoms with van der Waals surface area (Å²) in [5, 5.41) is 22.3. The Balaban J connectivity index is 1.80. The van der Waals surface area contributed by atoms with E-state index in [1.54, 1.807) is 5.56 Å². The number of aryl methyl sites for hydroxylation is 1. The lowest BCUT2D eigenvalue weighted by Gasteiger charge is -2.51. The largest absolute Gasteiger partial charge is 0.508 e. The highest BCUT2D eigenvalue weighted by Crippen LogP contribution is 2.60. The molecule has 0 heterocycles. The number of aliphatic hydroxyl groups is 1. The van der Waals surface area contributed by atoms with Gasteiger partial charge in [-0.1, -0.05) is 31.8 Å². The van der Waals surface area contributed by atoms with Crippen molar-refractivity contribution in [3.8, 4) is 5.75 Å². The van der Waals surface area contributed by atoms with E-state index in [2.05, 4.69) is 32.6 Å². The molecule has 3 aliphatic rings. The van der Waals surface area contributed by atoms with Crippen LogP contribution in [0.25, 0.3) is 0 Å². The maximum atomic E-state index is 10.6. The van der Waals surface area contributed by atoms with Crippen molar-refractivity contribution in [3.63, 3.8) is 0 Å². The van der Waals surface area contributed by atoms with Gasteiger partial charge < -0.3 is 10.2 Å². The Kier molecular flexibility index (Phi) is 3.71. The van der Waals surface area contributed by atoms with Gasteiger partial charge in [-0.15, -0.1) is 0 Å². The molecular weight excluding hydrogens is 312 g/mol. The van der Waals surface area contributed by atoms with Crippen LogP contribution >= 0.6 is 0 Å². The first-order valence-electron chi connectivity index (χ1n) is 9.76. The average Bonchev–Trinajstić information content (AvgIpc) is 2.81. The fourth-order valence-electron chi connectivity index (χ4n) is 6.30. The minimum Gasteiger partial charge on any atom is -0.508 e. The first-order valence-corrected chi connectivity index (χ1v) is 13.3. The van der Waals surface area contributed by atoms with E-state index in [0.29, 0.717) is 17.6 Å². The van der Waals surface area contributed by atoms with Crippen LogP contribution in [-0.4, -0.2) is 24.4 Å². The lowest BCUT2D eigenvalue weighted by molar-refractivity contribution is -0.0224. The maximum absolute atomic E-state index is 10.6. The van der Waals surface area contributed by atoms with E-state index >= 15 is 0 Å². The first kappa shape index (κ1) is 16.7. The van der Waals surface area contributed by atoms with Gasteiger partial charge in [0.2, 0.25) is 0 Å². The van der Waals surface area contributed by atoms with E-state index in [4.69, 9.17) is 0 Å². The van der Waals surface area contributed by atoms with E-state index in [0.717, 1.165) is 25.2 Å². The second kappa shape index (κ2) is 5.34. The summed E-state index contributed by atoms with van der Waals surface area (Å²) in [5.74, 6) is 2.52. The minimum absolute atomic E-state index is 0.0962. The van der Waals surface area contributed by atoms with Crippen LogP contribution in [0.1, 0.15) is 56.1 Å². The molecule has 2 N–H and O–H groups in total. The lowest BCUT2D eigenvalue weighted by atomic mass is 9.55. The Morgan fingerprint density at radius 3 is 2.54 bits per heavy atom. The molecule has 0 aromatic heterocycles. The van der Waals surface area contributed by atoms with Gasteiger partial charge in [0.25, 0.3) is 0 Å². The Labute approximate surface area is 147 Å². The summed E-state index contributed by atoms with van der Waals surface area (Å²) in [4.78, 5) is 0. The molecular formula is C21H32O2Si. The number of hydrogen-bond donors (Lipinski definition) is 2. The van der Waals surface area contributed by atoms with Gasteiger partial charge in [-0.25, -0.2) is 0 Å².